The van der Waals surface area contributed by atoms with Crippen molar-refractivity contribution in [1.82, 2.24) is 10.2 Å². The summed E-state index contributed by atoms with van der Waals surface area (Å²) in [6.45, 7) is 7.24. The van der Waals surface area contributed by atoms with Gasteiger partial charge in [0.1, 0.15) is 18.4 Å². The molecular formula is C30H36FN3O4S. The predicted octanol–water partition coefficient (Wildman–Crippen LogP) is 4.84. The highest BCUT2D eigenvalue weighted by Crippen LogP contribution is 2.28. The minimum Gasteiger partial charge on any atom is -0.354 e. The Balaban J connectivity index is 2.05. The van der Waals surface area contributed by atoms with E-state index in [1.807, 2.05) is 32.9 Å². The van der Waals surface area contributed by atoms with Gasteiger partial charge in [-0.1, -0.05) is 61.9 Å². The summed E-state index contributed by atoms with van der Waals surface area (Å²) in [4.78, 5) is 28.2. The first kappa shape index (κ1) is 29.8. The molecule has 3 aromatic carbocycles. The second-order valence-corrected chi connectivity index (χ2v) is 11.3. The molecule has 208 valence electrons. The number of halogens is 1. The number of carbonyl (C=O) groups excluding carboxylic acids is 2. The number of benzene rings is 3. The third kappa shape index (κ3) is 7.44. The van der Waals surface area contributed by atoms with Gasteiger partial charge in [0.15, 0.2) is 0 Å². The number of anilines is 1. The van der Waals surface area contributed by atoms with Gasteiger partial charge < -0.3 is 10.2 Å². The SMILES string of the molecule is CCCNC(=O)[C@H](C)N(Cc1ccc(F)cc1)C(=O)CN(c1ccccc1CC)S(=O)(=O)c1ccc(C)cc1. The minimum atomic E-state index is -4.13. The van der Waals surface area contributed by atoms with Crippen LogP contribution in [-0.2, 0) is 32.6 Å². The molecular weight excluding hydrogens is 517 g/mol. The Kier molecular flexibility index (Phi) is 10.2. The number of carbonyl (C=O) groups is 2. The molecule has 0 bridgehead atoms. The molecule has 3 aromatic rings. The Morgan fingerprint density at radius 2 is 1.59 bits per heavy atom. The molecule has 0 aliphatic heterocycles. The van der Waals surface area contributed by atoms with Crippen LogP contribution < -0.4 is 9.62 Å². The maximum Gasteiger partial charge on any atom is 0.264 e. The monoisotopic (exact) mass is 553 g/mol. The molecule has 0 saturated carbocycles. The third-order valence-corrected chi connectivity index (χ3v) is 8.29. The molecule has 1 atom stereocenters. The number of nitrogens with zero attached hydrogens (tertiary/aromatic N) is 2. The van der Waals surface area contributed by atoms with Crippen LogP contribution in [0.25, 0.3) is 0 Å². The molecule has 1 N–H and O–H groups in total. The van der Waals surface area contributed by atoms with Crippen molar-refractivity contribution in [3.05, 3.63) is 95.3 Å². The van der Waals surface area contributed by atoms with Crippen molar-refractivity contribution >= 4 is 27.5 Å². The number of para-hydroxylation sites is 1. The van der Waals surface area contributed by atoms with Crippen LogP contribution in [0, 0.1) is 12.7 Å². The highest BCUT2D eigenvalue weighted by atomic mass is 32.2. The van der Waals surface area contributed by atoms with Crippen LogP contribution in [0.4, 0.5) is 10.1 Å². The molecule has 0 aliphatic carbocycles. The van der Waals surface area contributed by atoms with Crippen LogP contribution in [0.1, 0.15) is 43.9 Å². The van der Waals surface area contributed by atoms with E-state index in [2.05, 4.69) is 5.32 Å². The lowest BCUT2D eigenvalue weighted by Crippen LogP contribution is -2.51. The molecule has 0 fully saturated rings. The molecule has 0 radical (unpaired) electrons. The third-order valence-electron chi connectivity index (χ3n) is 6.51. The first-order valence-electron chi connectivity index (χ1n) is 13.1. The summed E-state index contributed by atoms with van der Waals surface area (Å²) in [5.41, 5.74) is 2.68. The lowest BCUT2D eigenvalue weighted by Gasteiger charge is -2.32. The van der Waals surface area contributed by atoms with Crippen LogP contribution in [0.5, 0.6) is 0 Å². The van der Waals surface area contributed by atoms with Crippen molar-refractivity contribution < 1.29 is 22.4 Å². The molecule has 0 spiro atoms. The summed E-state index contributed by atoms with van der Waals surface area (Å²) in [5.74, 6) is -1.33. The number of rotatable bonds is 12. The smallest absolute Gasteiger partial charge is 0.264 e. The van der Waals surface area contributed by atoms with Crippen molar-refractivity contribution in [1.29, 1.82) is 0 Å². The Bertz CT molecular complexity index is 1380. The molecule has 9 heteroatoms. The largest absolute Gasteiger partial charge is 0.354 e. The minimum absolute atomic E-state index is 0.00761. The van der Waals surface area contributed by atoms with E-state index in [1.54, 1.807) is 43.3 Å². The van der Waals surface area contributed by atoms with Crippen LogP contribution in [-0.4, -0.2) is 44.3 Å². The number of amides is 2. The van der Waals surface area contributed by atoms with Crippen molar-refractivity contribution in [3.8, 4) is 0 Å². The van der Waals surface area contributed by atoms with Gasteiger partial charge in [0.05, 0.1) is 10.6 Å². The predicted molar refractivity (Wildman–Crippen MR) is 151 cm³/mol. The second-order valence-electron chi connectivity index (χ2n) is 9.42. The summed E-state index contributed by atoms with van der Waals surface area (Å²) in [5, 5.41) is 2.80. The molecule has 3 rings (SSSR count). The average molecular weight is 554 g/mol. The van der Waals surface area contributed by atoms with Gasteiger partial charge >= 0.3 is 0 Å². The van der Waals surface area contributed by atoms with Gasteiger partial charge in [-0.25, -0.2) is 12.8 Å². The average Bonchev–Trinajstić information content (AvgIpc) is 2.93. The zero-order chi connectivity index (χ0) is 28.6. The van der Waals surface area contributed by atoms with E-state index in [0.717, 1.165) is 21.9 Å². The first-order valence-corrected chi connectivity index (χ1v) is 14.5. The standard InChI is InChI=1S/C30H36FN3O4S/c1-5-19-32-30(36)23(4)33(20-24-13-15-26(31)16-14-24)29(35)21-34(28-10-8-7-9-25(28)6-2)39(37,38)27-17-11-22(3)12-18-27/h7-18,23H,5-6,19-21H2,1-4H3,(H,32,36)/t23-/m0/s1. The van der Waals surface area contributed by atoms with Crippen LogP contribution in [0.3, 0.4) is 0 Å². The molecule has 39 heavy (non-hydrogen) atoms. The summed E-state index contributed by atoms with van der Waals surface area (Å²) in [7, 11) is -4.13. The van der Waals surface area contributed by atoms with E-state index in [9.17, 15) is 22.4 Å². The fourth-order valence-electron chi connectivity index (χ4n) is 4.17. The summed E-state index contributed by atoms with van der Waals surface area (Å²) < 4.78 is 42.5. The zero-order valence-electron chi connectivity index (χ0n) is 22.9. The molecule has 0 aliphatic rings. The highest BCUT2D eigenvalue weighted by molar-refractivity contribution is 7.92. The number of hydrogen-bond donors (Lipinski definition) is 1. The normalized spacial score (nSPS) is 12.0. The molecule has 0 aromatic heterocycles. The number of hydrogen-bond acceptors (Lipinski definition) is 4. The maximum atomic E-state index is 13.9. The lowest BCUT2D eigenvalue weighted by atomic mass is 10.1. The number of sulfonamides is 1. The van der Waals surface area contributed by atoms with Gasteiger partial charge in [-0.15, -0.1) is 0 Å². The summed E-state index contributed by atoms with van der Waals surface area (Å²) in [6.07, 6.45) is 1.28. The van der Waals surface area contributed by atoms with Crippen molar-refractivity contribution in [2.24, 2.45) is 0 Å². The topological polar surface area (TPSA) is 86.8 Å². The van der Waals surface area contributed by atoms with Gasteiger partial charge in [-0.3, -0.25) is 13.9 Å². The van der Waals surface area contributed by atoms with Crippen molar-refractivity contribution in [2.75, 3.05) is 17.4 Å². The van der Waals surface area contributed by atoms with Crippen molar-refractivity contribution in [3.63, 3.8) is 0 Å². The van der Waals surface area contributed by atoms with E-state index in [0.29, 0.717) is 24.2 Å². The molecule has 0 saturated heterocycles. The quantitative estimate of drug-likeness (QED) is 0.348. The number of aryl methyl sites for hydroxylation is 2. The Morgan fingerprint density at radius 1 is 0.949 bits per heavy atom. The lowest BCUT2D eigenvalue weighted by molar-refractivity contribution is -0.139. The first-order chi connectivity index (χ1) is 18.6. The Morgan fingerprint density at radius 3 is 2.21 bits per heavy atom. The summed E-state index contributed by atoms with van der Waals surface area (Å²) >= 11 is 0. The van der Waals surface area contributed by atoms with Crippen molar-refractivity contribution in [2.45, 2.75) is 58.0 Å². The van der Waals surface area contributed by atoms with Gasteiger partial charge in [0.25, 0.3) is 10.0 Å². The van der Waals surface area contributed by atoms with E-state index in [1.165, 1.54) is 29.2 Å². The summed E-state index contributed by atoms with van der Waals surface area (Å²) in [6, 6.07) is 18.3. The van der Waals surface area contributed by atoms with E-state index in [4.69, 9.17) is 0 Å². The van der Waals surface area contributed by atoms with Gasteiger partial charge in [-0.05, 0) is 68.1 Å². The van der Waals surface area contributed by atoms with Crippen LogP contribution in [0.15, 0.2) is 77.7 Å². The molecule has 7 nitrogen and oxygen atoms in total. The van der Waals surface area contributed by atoms with Gasteiger partial charge in [0, 0.05) is 13.1 Å². The fraction of sp³-hybridized carbons (Fsp3) is 0.333. The molecule has 2 amide bonds. The Labute approximate surface area is 230 Å². The van der Waals surface area contributed by atoms with Crippen LogP contribution in [0.2, 0.25) is 0 Å². The Hall–Kier alpha value is -3.72. The zero-order valence-corrected chi connectivity index (χ0v) is 23.7. The number of nitrogens with one attached hydrogen (secondary N) is 1. The fourth-order valence-corrected chi connectivity index (χ4v) is 5.62. The van der Waals surface area contributed by atoms with E-state index < -0.39 is 34.3 Å². The van der Waals surface area contributed by atoms with Crippen LogP contribution >= 0.6 is 0 Å². The van der Waals surface area contributed by atoms with Gasteiger partial charge in [0.2, 0.25) is 11.8 Å². The maximum absolute atomic E-state index is 13.9. The van der Waals surface area contributed by atoms with E-state index in [-0.39, 0.29) is 17.3 Å². The molecule has 0 unspecified atom stereocenters. The highest BCUT2D eigenvalue weighted by Gasteiger charge is 2.33. The second kappa shape index (κ2) is 13.4. The molecule has 0 heterocycles. The van der Waals surface area contributed by atoms with Gasteiger partial charge in [-0.2, -0.15) is 0 Å². The van der Waals surface area contributed by atoms with E-state index >= 15 is 0 Å².